The van der Waals surface area contributed by atoms with E-state index >= 15 is 0 Å². The van der Waals surface area contributed by atoms with Crippen LogP contribution in [0.3, 0.4) is 0 Å². The molecular weight excluding hydrogens is 184 g/mol. The lowest BCUT2D eigenvalue weighted by Crippen LogP contribution is -2.22. The molecule has 1 aromatic carbocycles. The van der Waals surface area contributed by atoms with Crippen LogP contribution in [-0.2, 0) is 0 Å². The van der Waals surface area contributed by atoms with Gasteiger partial charge in [0.05, 0.1) is 0 Å². The Hall–Kier alpha value is -1.02. The van der Waals surface area contributed by atoms with E-state index in [1.165, 1.54) is 30.6 Å². The van der Waals surface area contributed by atoms with Gasteiger partial charge < -0.3 is 10.6 Å². The van der Waals surface area contributed by atoms with Crippen molar-refractivity contribution < 1.29 is 0 Å². The summed E-state index contributed by atoms with van der Waals surface area (Å²) in [4.78, 5) is 2.34. The van der Waals surface area contributed by atoms with Crippen LogP contribution in [0.1, 0.15) is 31.4 Å². The summed E-state index contributed by atoms with van der Waals surface area (Å²) in [5, 5.41) is 0. The van der Waals surface area contributed by atoms with Crippen molar-refractivity contribution in [3.8, 4) is 0 Å². The SMILES string of the molecule is CC(N)c1ccccc1N(C)CC1CC1. The normalized spacial score (nSPS) is 17.5. The molecule has 0 amide bonds. The van der Waals surface area contributed by atoms with Crippen LogP contribution in [0.25, 0.3) is 0 Å². The van der Waals surface area contributed by atoms with E-state index in [9.17, 15) is 0 Å². The van der Waals surface area contributed by atoms with E-state index in [0.717, 1.165) is 5.92 Å². The molecule has 2 rings (SSSR count). The molecule has 0 bridgehead atoms. The van der Waals surface area contributed by atoms with Crippen LogP contribution in [0.15, 0.2) is 24.3 Å². The standard InChI is InChI=1S/C13H20N2/c1-10(14)12-5-3-4-6-13(12)15(2)9-11-7-8-11/h3-6,10-11H,7-9,14H2,1-2H3. The van der Waals surface area contributed by atoms with Crippen molar-refractivity contribution in [1.82, 2.24) is 0 Å². The third kappa shape index (κ3) is 2.51. The van der Waals surface area contributed by atoms with Gasteiger partial charge in [0.15, 0.2) is 0 Å². The molecule has 0 spiro atoms. The van der Waals surface area contributed by atoms with Crippen molar-refractivity contribution in [2.45, 2.75) is 25.8 Å². The van der Waals surface area contributed by atoms with Crippen molar-refractivity contribution in [2.75, 3.05) is 18.5 Å². The van der Waals surface area contributed by atoms with E-state index in [1.54, 1.807) is 0 Å². The molecule has 0 aromatic heterocycles. The van der Waals surface area contributed by atoms with Gasteiger partial charge in [-0.05, 0) is 37.3 Å². The van der Waals surface area contributed by atoms with Crippen LogP contribution in [0.2, 0.25) is 0 Å². The second-order valence-corrected chi connectivity index (χ2v) is 4.67. The van der Waals surface area contributed by atoms with Crippen LogP contribution in [-0.4, -0.2) is 13.6 Å². The maximum Gasteiger partial charge on any atom is 0.0412 e. The minimum atomic E-state index is 0.114. The number of nitrogens with zero attached hydrogens (tertiary/aromatic N) is 1. The lowest BCUT2D eigenvalue weighted by molar-refractivity contribution is 0.762. The Labute approximate surface area is 92.1 Å². The van der Waals surface area contributed by atoms with Crippen LogP contribution in [0.4, 0.5) is 5.69 Å². The molecule has 15 heavy (non-hydrogen) atoms. The molecule has 1 saturated carbocycles. The predicted octanol–water partition coefficient (Wildman–Crippen LogP) is 2.55. The average Bonchev–Trinajstić information content (AvgIpc) is 3.01. The molecule has 2 nitrogen and oxygen atoms in total. The Balaban J connectivity index is 2.16. The fourth-order valence-corrected chi connectivity index (χ4v) is 2.01. The Morgan fingerprint density at radius 2 is 2.07 bits per heavy atom. The highest BCUT2D eigenvalue weighted by atomic mass is 15.1. The molecule has 0 heterocycles. The second kappa shape index (κ2) is 4.23. The van der Waals surface area contributed by atoms with Gasteiger partial charge in [0.1, 0.15) is 0 Å². The van der Waals surface area contributed by atoms with E-state index in [4.69, 9.17) is 5.73 Å². The molecule has 2 N–H and O–H groups in total. The van der Waals surface area contributed by atoms with E-state index in [-0.39, 0.29) is 6.04 Å². The molecule has 2 heteroatoms. The van der Waals surface area contributed by atoms with Crippen LogP contribution in [0, 0.1) is 5.92 Å². The van der Waals surface area contributed by atoms with Crippen molar-refractivity contribution in [1.29, 1.82) is 0 Å². The second-order valence-electron chi connectivity index (χ2n) is 4.67. The van der Waals surface area contributed by atoms with Crippen molar-refractivity contribution >= 4 is 5.69 Å². The molecule has 0 radical (unpaired) electrons. The first-order chi connectivity index (χ1) is 7.18. The molecule has 1 aliphatic carbocycles. The lowest BCUT2D eigenvalue weighted by atomic mass is 10.1. The van der Waals surface area contributed by atoms with Gasteiger partial charge in [-0.25, -0.2) is 0 Å². The number of hydrogen-bond acceptors (Lipinski definition) is 2. The number of rotatable bonds is 4. The van der Waals surface area contributed by atoms with E-state index in [2.05, 4.69) is 36.2 Å². The van der Waals surface area contributed by atoms with E-state index < -0.39 is 0 Å². The van der Waals surface area contributed by atoms with E-state index in [1.807, 2.05) is 6.92 Å². The Kier molecular flexibility index (Phi) is 2.96. The van der Waals surface area contributed by atoms with Gasteiger partial charge in [0, 0.05) is 25.3 Å². The molecule has 1 atom stereocenters. The topological polar surface area (TPSA) is 29.3 Å². The van der Waals surface area contributed by atoms with E-state index in [0.29, 0.717) is 0 Å². The average molecular weight is 204 g/mol. The maximum absolute atomic E-state index is 5.97. The summed E-state index contributed by atoms with van der Waals surface area (Å²) in [6, 6.07) is 8.56. The molecule has 1 aromatic rings. The van der Waals surface area contributed by atoms with Gasteiger partial charge in [0.2, 0.25) is 0 Å². The highest BCUT2D eigenvalue weighted by molar-refractivity contribution is 5.54. The molecule has 0 saturated heterocycles. The summed E-state index contributed by atoms with van der Waals surface area (Å²) in [5.41, 5.74) is 8.51. The van der Waals surface area contributed by atoms with Crippen molar-refractivity contribution in [3.63, 3.8) is 0 Å². The Morgan fingerprint density at radius 1 is 1.40 bits per heavy atom. The summed E-state index contributed by atoms with van der Waals surface area (Å²) in [7, 11) is 2.17. The quantitative estimate of drug-likeness (QED) is 0.816. The molecular formula is C13H20N2. The summed E-state index contributed by atoms with van der Waals surface area (Å²) >= 11 is 0. The fraction of sp³-hybridized carbons (Fsp3) is 0.538. The largest absolute Gasteiger partial charge is 0.374 e. The lowest BCUT2D eigenvalue weighted by Gasteiger charge is -2.23. The zero-order valence-corrected chi connectivity index (χ0v) is 9.61. The zero-order valence-electron chi connectivity index (χ0n) is 9.61. The molecule has 1 unspecified atom stereocenters. The number of nitrogens with two attached hydrogens (primary N) is 1. The third-order valence-electron chi connectivity index (χ3n) is 3.07. The van der Waals surface area contributed by atoms with Gasteiger partial charge in [0.25, 0.3) is 0 Å². The van der Waals surface area contributed by atoms with Crippen LogP contribution < -0.4 is 10.6 Å². The first kappa shape index (κ1) is 10.5. The highest BCUT2D eigenvalue weighted by Gasteiger charge is 2.23. The van der Waals surface area contributed by atoms with Gasteiger partial charge in [-0.1, -0.05) is 18.2 Å². The monoisotopic (exact) mass is 204 g/mol. The number of para-hydroxylation sites is 1. The van der Waals surface area contributed by atoms with Gasteiger partial charge in [-0.2, -0.15) is 0 Å². The molecule has 0 aliphatic heterocycles. The summed E-state index contributed by atoms with van der Waals surface area (Å²) in [5.74, 6) is 0.913. The molecule has 1 aliphatic rings. The van der Waals surface area contributed by atoms with Gasteiger partial charge in [-0.15, -0.1) is 0 Å². The first-order valence-corrected chi connectivity index (χ1v) is 5.74. The van der Waals surface area contributed by atoms with Crippen LogP contribution in [0.5, 0.6) is 0 Å². The smallest absolute Gasteiger partial charge is 0.0412 e. The summed E-state index contributed by atoms with van der Waals surface area (Å²) in [6.45, 7) is 3.22. The Morgan fingerprint density at radius 3 is 2.67 bits per heavy atom. The van der Waals surface area contributed by atoms with Crippen molar-refractivity contribution in [2.24, 2.45) is 11.7 Å². The minimum Gasteiger partial charge on any atom is -0.374 e. The molecule has 1 fully saturated rings. The van der Waals surface area contributed by atoms with Crippen LogP contribution >= 0.6 is 0 Å². The third-order valence-corrected chi connectivity index (χ3v) is 3.07. The predicted molar refractivity (Wildman–Crippen MR) is 65.0 cm³/mol. The maximum atomic E-state index is 5.97. The van der Waals surface area contributed by atoms with Gasteiger partial charge in [-0.3, -0.25) is 0 Å². The zero-order chi connectivity index (χ0) is 10.8. The summed E-state index contributed by atoms with van der Waals surface area (Å²) < 4.78 is 0. The number of hydrogen-bond donors (Lipinski definition) is 1. The Bertz CT molecular complexity index is 329. The highest BCUT2D eigenvalue weighted by Crippen LogP contribution is 2.32. The summed E-state index contributed by atoms with van der Waals surface area (Å²) in [6.07, 6.45) is 2.79. The van der Waals surface area contributed by atoms with Crippen molar-refractivity contribution in [3.05, 3.63) is 29.8 Å². The van der Waals surface area contributed by atoms with Gasteiger partial charge >= 0.3 is 0 Å². The fourth-order valence-electron chi connectivity index (χ4n) is 2.01. The first-order valence-electron chi connectivity index (χ1n) is 5.74. The number of benzene rings is 1. The molecule has 82 valence electrons. The number of anilines is 1. The minimum absolute atomic E-state index is 0.114.